The number of carbonyl (C=O) groups is 2. The van der Waals surface area contributed by atoms with Gasteiger partial charge in [-0.2, -0.15) is 0 Å². The molecule has 0 aliphatic carbocycles. The number of guanidine groups is 1. The largest absolute Gasteiger partial charge is 0.467 e. The third kappa shape index (κ3) is 3.09. The number of nitrogens with zero attached hydrogens (tertiary/aromatic N) is 4. The van der Waals surface area contributed by atoms with Crippen LogP contribution in [-0.4, -0.2) is 60.8 Å². The van der Waals surface area contributed by atoms with Crippen LogP contribution in [0.4, 0.5) is 5.69 Å². The average Bonchev–Trinajstić information content (AvgIpc) is 3.37. The summed E-state index contributed by atoms with van der Waals surface area (Å²) < 4.78 is 5.58. The number of aliphatic imine (C=N–C) groups is 1. The van der Waals surface area contributed by atoms with Crippen LogP contribution in [0.15, 0.2) is 63.3 Å². The summed E-state index contributed by atoms with van der Waals surface area (Å²) in [6.07, 6.45) is 1.54. The molecule has 154 valence electrons. The number of piperazine rings is 1. The van der Waals surface area contributed by atoms with Gasteiger partial charge in [0.25, 0.3) is 11.8 Å². The minimum Gasteiger partial charge on any atom is -0.467 e. The van der Waals surface area contributed by atoms with Crippen molar-refractivity contribution in [2.75, 3.05) is 38.1 Å². The third-order valence-corrected chi connectivity index (χ3v) is 5.83. The van der Waals surface area contributed by atoms with Crippen molar-refractivity contribution in [3.8, 4) is 0 Å². The summed E-state index contributed by atoms with van der Waals surface area (Å²) in [6.45, 7) is 3.33. The summed E-state index contributed by atoms with van der Waals surface area (Å²) in [5, 5.41) is 3.67. The molecule has 5 rings (SSSR count). The van der Waals surface area contributed by atoms with Gasteiger partial charge in [0.1, 0.15) is 17.5 Å². The van der Waals surface area contributed by atoms with Crippen LogP contribution in [0.1, 0.15) is 11.8 Å². The molecular formula is C21H20ClN5O3. The molecule has 9 heteroatoms. The molecule has 3 aliphatic rings. The van der Waals surface area contributed by atoms with E-state index in [1.807, 2.05) is 0 Å². The van der Waals surface area contributed by atoms with E-state index >= 15 is 0 Å². The number of halogens is 1. The summed E-state index contributed by atoms with van der Waals surface area (Å²) in [5.41, 5.74) is 1.01. The molecule has 0 bridgehead atoms. The van der Waals surface area contributed by atoms with E-state index in [1.54, 1.807) is 42.7 Å². The van der Waals surface area contributed by atoms with Crippen molar-refractivity contribution in [1.82, 2.24) is 15.1 Å². The van der Waals surface area contributed by atoms with E-state index in [2.05, 4.69) is 22.2 Å². The van der Waals surface area contributed by atoms with Gasteiger partial charge in [0, 0.05) is 31.2 Å². The summed E-state index contributed by atoms with van der Waals surface area (Å²) >= 11 is 5.97. The number of anilines is 1. The van der Waals surface area contributed by atoms with Gasteiger partial charge < -0.3 is 19.5 Å². The van der Waals surface area contributed by atoms with Crippen LogP contribution in [0.3, 0.4) is 0 Å². The maximum Gasteiger partial charge on any atom is 0.282 e. The number of rotatable bonds is 2. The Labute approximate surface area is 178 Å². The van der Waals surface area contributed by atoms with Crippen molar-refractivity contribution >= 4 is 35.1 Å². The van der Waals surface area contributed by atoms with Crippen LogP contribution < -0.4 is 10.2 Å². The maximum absolute atomic E-state index is 13.3. The van der Waals surface area contributed by atoms with Crippen molar-refractivity contribution in [2.24, 2.45) is 4.99 Å². The highest BCUT2D eigenvalue weighted by Gasteiger charge is 2.47. The normalized spacial score (nSPS) is 22.3. The van der Waals surface area contributed by atoms with E-state index in [-0.39, 0.29) is 5.70 Å². The number of carbonyl (C=O) groups excluding carboxylic acids is 2. The minimum absolute atomic E-state index is 0.250. The molecule has 0 radical (unpaired) electrons. The number of nitrogens with one attached hydrogen (secondary N) is 1. The zero-order chi connectivity index (χ0) is 20.8. The summed E-state index contributed by atoms with van der Waals surface area (Å²) in [7, 11) is 2.07. The first-order valence-electron chi connectivity index (χ1n) is 9.73. The monoisotopic (exact) mass is 425 g/mol. The SMILES string of the molecule is CN1CCN(C2=N[C@H](c3ccco3)C3=C(N2)C(=O)N(c2ccc(Cl)cc2)C3=O)CC1. The number of furan rings is 1. The van der Waals surface area contributed by atoms with Crippen molar-refractivity contribution in [1.29, 1.82) is 0 Å². The Hall–Kier alpha value is -3.10. The van der Waals surface area contributed by atoms with E-state index in [0.717, 1.165) is 31.1 Å². The van der Waals surface area contributed by atoms with Gasteiger partial charge in [0.05, 0.1) is 17.5 Å². The molecule has 30 heavy (non-hydrogen) atoms. The summed E-state index contributed by atoms with van der Waals surface area (Å²) in [6, 6.07) is 9.45. The van der Waals surface area contributed by atoms with E-state index in [1.165, 1.54) is 0 Å². The van der Waals surface area contributed by atoms with Gasteiger partial charge >= 0.3 is 0 Å². The van der Waals surface area contributed by atoms with Gasteiger partial charge in [0.15, 0.2) is 5.96 Å². The predicted octanol–water partition coefficient (Wildman–Crippen LogP) is 2.01. The fourth-order valence-corrected chi connectivity index (χ4v) is 4.03. The molecule has 0 unspecified atom stereocenters. The van der Waals surface area contributed by atoms with E-state index in [9.17, 15) is 9.59 Å². The predicted molar refractivity (Wildman–Crippen MR) is 112 cm³/mol. The topological polar surface area (TPSA) is 81.4 Å². The fraction of sp³-hybridized carbons (Fsp3) is 0.286. The van der Waals surface area contributed by atoms with Gasteiger partial charge in [-0.1, -0.05) is 11.6 Å². The van der Waals surface area contributed by atoms with Gasteiger partial charge in [-0.25, -0.2) is 9.89 Å². The second kappa shape index (κ2) is 7.30. The molecule has 0 spiro atoms. The molecule has 1 aromatic carbocycles. The highest BCUT2D eigenvalue weighted by molar-refractivity contribution is 6.34. The lowest BCUT2D eigenvalue weighted by molar-refractivity contribution is -0.120. The van der Waals surface area contributed by atoms with Crippen LogP contribution >= 0.6 is 11.6 Å². The van der Waals surface area contributed by atoms with Crippen molar-refractivity contribution in [3.63, 3.8) is 0 Å². The first kappa shape index (κ1) is 18.9. The minimum atomic E-state index is -0.681. The molecule has 1 atom stereocenters. The Morgan fingerprint density at radius 3 is 2.47 bits per heavy atom. The molecule has 1 saturated heterocycles. The molecule has 1 aromatic heterocycles. The van der Waals surface area contributed by atoms with Gasteiger partial charge in [-0.15, -0.1) is 0 Å². The molecule has 0 saturated carbocycles. The zero-order valence-electron chi connectivity index (χ0n) is 16.3. The Morgan fingerprint density at radius 1 is 1.07 bits per heavy atom. The number of likely N-dealkylation sites (N-methyl/N-ethyl adjacent to an activating group) is 1. The van der Waals surface area contributed by atoms with Gasteiger partial charge in [-0.3, -0.25) is 9.59 Å². The first-order valence-corrected chi connectivity index (χ1v) is 10.1. The van der Waals surface area contributed by atoms with Crippen molar-refractivity contribution < 1.29 is 14.0 Å². The first-order chi connectivity index (χ1) is 14.5. The molecule has 8 nitrogen and oxygen atoms in total. The molecule has 1 N–H and O–H groups in total. The van der Waals surface area contributed by atoms with Crippen molar-refractivity contribution in [3.05, 3.63) is 64.7 Å². The fourth-order valence-electron chi connectivity index (χ4n) is 3.91. The van der Waals surface area contributed by atoms with E-state index in [0.29, 0.717) is 28.0 Å². The third-order valence-electron chi connectivity index (χ3n) is 5.58. The molecule has 1 fully saturated rings. The van der Waals surface area contributed by atoms with Gasteiger partial charge in [0.2, 0.25) is 0 Å². The smallest absolute Gasteiger partial charge is 0.282 e. The lowest BCUT2D eigenvalue weighted by atomic mass is 10.0. The second-order valence-electron chi connectivity index (χ2n) is 7.50. The Morgan fingerprint density at radius 2 is 1.80 bits per heavy atom. The summed E-state index contributed by atoms with van der Waals surface area (Å²) in [5.74, 6) is 0.292. The van der Waals surface area contributed by atoms with Crippen LogP contribution in [0.2, 0.25) is 5.02 Å². The Bertz CT molecular complexity index is 1050. The quantitative estimate of drug-likeness (QED) is 0.741. The molecule has 4 heterocycles. The molecular weight excluding hydrogens is 406 g/mol. The molecule has 2 aromatic rings. The molecule has 3 aliphatic heterocycles. The number of hydrogen-bond acceptors (Lipinski definition) is 7. The maximum atomic E-state index is 13.3. The lowest BCUT2D eigenvalue weighted by Crippen LogP contribution is -2.52. The second-order valence-corrected chi connectivity index (χ2v) is 7.93. The number of benzene rings is 1. The number of hydrogen-bond donors (Lipinski definition) is 1. The zero-order valence-corrected chi connectivity index (χ0v) is 17.1. The van der Waals surface area contributed by atoms with Gasteiger partial charge in [-0.05, 0) is 43.4 Å². The standard InChI is InChI=1S/C21H20ClN5O3/c1-25-8-10-26(11-9-25)21-23-17(15-3-2-12-30-15)16-18(24-21)20(29)27(19(16)28)14-6-4-13(22)5-7-14/h2-7,12,17H,8-11H2,1H3,(H,23,24)/t17-/m1/s1. The lowest BCUT2D eigenvalue weighted by Gasteiger charge is -2.36. The van der Waals surface area contributed by atoms with Crippen LogP contribution in [0.5, 0.6) is 0 Å². The highest BCUT2D eigenvalue weighted by Crippen LogP contribution is 2.38. The molecule has 2 amide bonds. The van der Waals surface area contributed by atoms with Crippen LogP contribution in [0, 0.1) is 0 Å². The number of amides is 2. The van der Waals surface area contributed by atoms with Crippen LogP contribution in [-0.2, 0) is 9.59 Å². The highest BCUT2D eigenvalue weighted by atomic mass is 35.5. The summed E-state index contributed by atoms with van der Waals surface area (Å²) in [4.78, 5) is 36.9. The van der Waals surface area contributed by atoms with E-state index in [4.69, 9.17) is 21.0 Å². The Kier molecular flexibility index (Phi) is 4.60. The van der Waals surface area contributed by atoms with E-state index < -0.39 is 17.9 Å². The van der Waals surface area contributed by atoms with Crippen molar-refractivity contribution in [2.45, 2.75) is 6.04 Å². The van der Waals surface area contributed by atoms with Crippen LogP contribution in [0.25, 0.3) is 0 Å². The number of imide groups is 1. The Balaban J connectivity index is 1.52. The average molecular weight is 426 g/mol.